The molecule has 1 aliphatic heterocycles. The highest BCUT2D eigenvalue weighted by atomic mass is 16.6. The van der Waals surface area contributed by atoms with Gasteiger partial charge in [0.25, 0.3) is 5.69 Å². The second-order valence-electron chi connectivity index (χ2n) is 7.08. The number of aromatic nitrogens is 1. The summed E-state index contributed by atoms with van der Waals surface area (Å²) in [6.45, 7) is 5.21. The second kappa shape index (κ2) is 6.38. The molecule has 0 saturated carbocycles. The average Bonchev–Trinajstić information content (AvgIpc) is 2.96. The Morgan fingerprint density at radius 1 is 1.30 bits per heavy atom. The maximum absolute atomic E-state index is 12.4. The first-order valence-corrected chi connectivity index (χ1v) is 8.21. The van der Waals surface area contributed by atoms with E-state index in [9.17, 15) is 24.5 Å². The van der Waals surface area contributed by atoms with E-state index in [1.54, 1.807) is 20.8 Å². The van der Waals surface area contributed by atoms with Gasteiger partial charge in [-0.2, -0.15) is 0 Å². The number of rotatable bonds is 2. The van der Waals surface area contributed by atoms with Crippen LogP contribution in [-0.2, 0) is 9.53 Å². The number of benzene rings is 1. The van der Waals surface area contributed by atoms with Crippen molar-refractivity contribution >= 4 is 40.3 Å². The van der Waals surface area contributed by atoms with Crippen molar-refractivity contribution in [3.05, 3.63) is 34.5 Å². The van der Waals surface area contributed by atoms with Crippen LogP contribution in [0.4, 0.5) is 21.0 Å². The van der Waals surface area contributed by atoms with Gasteiger partial charge in [0.15, 0.2) is 0 Å². The maximum Gasteiger partial charge on any atom is 0.418 e. The number of nitrogens with one attached hydrogen (secondary N) is 1. The summed E-state index contributed by atoms with van der Waals surface area (Å²) in [7, 11) is 0. The number of urea groups is 1. The minimum Gasteiger partial charge on any atom is -0.443 e. The quantitative estimate of drug-likeness (QED) is 0.637. The number of non-ortho nitro benzene ring substituents is 1. The number of amides is 3. The number of hydrogen-bond acceptors (Lipinski definition) is 6. The van der Waals surface area contributed by atoms with E-state index in [1.807, 2.05) is 0 Å². The zero-order valence-electron chi connectivity index (χ0n) is 15.0. The molecule has 27 heavy (non-hydrogen) atoms. The molecule has 0 radical (unpaired) electrons. The van der Waals surface area contributed by atoms with Gasteiger partial charge in [0, 0.05) is 25.2 Å². The number of carbonyl (C=O) groups excluding carboxylic acids is 3. The zero-order chi connectivity index (χ0) is 19.9. The summed E-state index contributed by atoms with van der Waals surface area (Å²) in [6, 6.07) is 3.51. The van der Waals surface area contributed by atoms with Crippen LogP contribution >= 0.6 is 0 Å². The molecule has 3 rings (SSSR count). The summed E-state index contributed by atoms with van der Waals surface area (Å²) in [6.07, 6.45) is 0.766. The first-order chi connectivity index (χ1) is 12.6. The normalized spacial score (nSPS) is 15.0. The third-order valence-electron chi connectivity index (χ3n) is 3.92. The van der Waals surface area contributed by atoms with Crippen molar-refractivity contribution in [2.24, 2.45) is 0 Å². The number of fused-ring (bicyclic) bond motifs is 1. The van der Waals surface area contributed by atoms with Crippen LogP contribution in [0.3, 0.4) is 0 Å². The van der Waals surface area contributed by atoms with Gasteiger partial charge in [-0.05, 0) is 32.9 Å². The van der Waals surface area contributed by atoms with E-state index in [0.29, 0.717) is 0 Å². The Balaban J connectivity index is 2.12. The van der Waals surface area contributed by atoms with Crippen LogP contribution in [-0.4, -0.2) is 39.7 Å². The van der Waals surface area contributed by atoms with E-state index >= 15 is 0 Å². The highest BCUT2D eigenvalue weighted by Crippen LogP contribution is 2.33. The number of hydrogen-bond donors (Lipinski definition) is 1. The van der Waals surface area contributed by atoms with E-state index < -0.39 is 28.6 Å². The molecule has 1 saturated heterocycles. The fourth-order valence-corrected chi connectivity index (χ4v) is 2.80. The molecule has 0 bridgehead atoms. The van der Waals surface area contributed by atoms with Gasteiger partial charge in [-0.15, -0.1) is 0 Å². The lowest BCUT2D eigenvalue weighted by molar-refractivity contribution is -0.383. The standard InChI is InChI=1S/C17H18N4O6/c1-17(2,3)27-16(24)20-6-4-11-12(20)8-10(9-13(11)21(25)26)19-7-5-14(22)18-15(19)23/h4,6,8-9H,5,7H2,1-3H3,(H,18,22,23). The molecule has 0 unspecified atom stereocenters. The van der Waals surface area contributed by atoms with Crippen molar-refractivity contribution in [3.8, 4) is 0 Å². The average molecular weight is 374 g/mol. The molecule has 1 aliphatic rings. The molecule has 3 amide bonds. The summed E-state index contributed by atoms with van der Waals surface area (Å²) < 4.78 is 6.48. The lowest BCUT2D eigenvalue weighted by atomic mass is 10.1. The first-order valence-electron chi connectivity index (χ1n) is 8.21. The molecular weight excluding hydrogens is 356 g/mol. The summed E-state index contributed by atoms with van der Waals surface area (Å²) in [5.41, 5.74) is -0.556. The van der Waals surface area contributed by atoms with Gasteiger partial charge in [0.05, 0.1) is 21.5 Å². The fraction of sp³-hybridized carbons (Fsp3) is 0.353. The third-order valence-corrected chi connectivity index (χ3v) is 3.92. The predicted molar refractivity (Wildman–Crippen MR) is 95.7 cm³/mol. The van der Waals surface area contributed by atoms with E-state index in [1.165, 1.54) is 29.3 Å². The Morgan fingerprint density at radius 3 is 2.59 bits per heavy atom. The summed E-state index contributed by atoms with van der Waals surface area (Å²) >= 11 is 0. The van der Waals surface area contributed by atoms with Gasteiger partial charge in [-0.25, -0.2) is 9.59 Å². The molecule has 0 spiro atoms. The first kappa shape index (κ1) is 18.4. The Bertz CT molecular complexity index is 972. The lowest BCUT2D eigenvalue weighted by Crippen LogP contribution is -2.49. The Labute approximate surface area is 153 Å². The molecule has 2 heterocycles. The van der Waals surface area contributed by atoms with Crippen LogP contribution in [0.2, 0.25) is 0 Å². The molecule has 1 fully saturated rings. The van der Waals surface area contributed by atoms with Crippen molar-refractivity contribution in [2.75, 3.05) is 11.4 Å². The molecule has 10 nitrogen and oxygen atoms in total. The molecule has 10 heteroatoms. The molecule has 142 valence electrons. The van der Waals surface area contributed by atoms with Crippen LogP contribution in [0.15, 0.2) is 24.4 Å². The molecule has 0 atom stereocenters. The monoisotopic (exact) mass is 374 g/mol. The van der Waals surface area contributed by atoms with Crippen LogP contribution < -0.4 is 10.2 Å². The van der Waals surface area contributed by atoms with Gasteiger partial charge >= 0.3 is 12.1 Å². The largest absolute Gasteiger partial charge is 0.443 e. The van der Waals surface area contributed by atoms with Gasteiger partial charge in [-0.3, -0.25) is 29.7 Å². The number of anilines is 1. The van der Waals surface area contributed by atoms with E-state index in [2.05, 4.69) is 5.32 Å². The third kappa shape index (κ3) is 3.59. The lowest BCUT2D eigenvalue weighted by Gasteiger charge is -2.26. The molecule has 1 aromatic carbocycles. The maximum atomic E-state index is 12.4. The number of ether oxygens (including phenoxy) is 1. The SMILES string of the molecule is CC(C)(C)OC(=O)n1ccc2c([N+](=O)[O-])cc(N3CCC(=O)NC3=O)cc21. The fourth-order valence-electron chi connectivity index (χ4n) is 2.80. The Kier molecular flexibility index (Phi) is 4.34. The highest BCUT2D eigenvalue weighted by molar-refractivity contribution is 6.07. The summed E-state index contributed by atoms with van der Waals surface area (Å²) in [4.78, 5) is 48.0. The number of nitro groups is 1. The number of nitrogens with zero attached hydrogens (tertiary/aromatic N) is 3. The van der Waals surface area contributed by atoms with Gasteiger partial charge in [-0.1, -0.05) is 0 Å². The molecule has 0 aliphatic carbocycles. The van der Waals surface area contributed by atoms with Gasteiger partial charge in [0.1, 0.15) is 5.60 Å². The summed E-state index contributed by atoms with van der Waals surface area (Å²) in [5.74, 6) is -0.413. The van der Waals surface area contributed by atoms with E-state index in [4.69, 9.17) is 4.74 Å². The Morgan fingerprint density at radius 2 is 2.00 bits per heavy atom. The van der Waals surface area contributed by atoms with Crippen molar-refractivity contribution < 1.29 is 24.0 Å². The minimum atomic E-state index is -0.746. The Hall–Kier alpha value is -3.43. The molecule has 1 aromatic heterocycles. The number of imide groups is 1. The predicted octanol–water partition coefficient (Wildman–Crippen LogP) is 2.78. The number of carbonyl (C=O) groups is 3. The second-order valence-corrected chi connectivity index (χ2v) is 7.08. The molecular formula is C17H18N4O6. The van der Waals surface area contributed by atoms with Crippen molar-refractivity contribution in [1.29, 1.82) is 0 Å². The van der Waals surface area contributed by atoms with Gasteiger partial charge in [0.2, 0.25) is 5.91 Å². The molecule has 2 aromatic rings. The van der Waals surface area contributed by atoms with E-state index in [-0.39, 0.29) is 35.2 Å². The van der Waals surface area contributed by atoms with Crippen molar-refractivity contribution in [3.63, 3.8) is 0 Å². The van der Waals surface area contributed by atoms with Crippen LogP contribution in [0, 0.1) is 10.1 Å². The zero-order valence-corrected chi connectivity index (χ0v) is 15.0. The topological polar surface area (TPSA) is 124 Å². The van der Waals surface area contributed by atoms with Crippen molar-refractivity contribution in [2.45, 2.75) is 32.8 Å². The minimum absolute atomic E-state index is 0.0741. The summed E-state index contributed by atoms with van der Waals surface area (Å²) in [5, 5.41) is 13.9. The van der Waals surface area contributed by atoms with Crippen LogP contribution in [0.25, 0.3) is 10.9 Å². The van der Waals surface area contributed by atoms with Crippen LogP contribution in [0.5, 0.6) is 0 Å². The van der Waals surface area contributed by atoms with Gasteiger partial charge < -0.3 is 4.74 Å². The van der Waals surface area contributed by atoms with Crippen LogP contribution in [0.1, 0.15) is 27.2 Å². The smallest absolute Gasteiger partial charge is 0.418 e. The number of nitro benzene ring substituents is 1. The van der Waals surface area contributed by atoms with Crippen molar-refractivity contribution in [1.82, 2.24) is 9.88 Å². The highest BCUT2D eigenvalue weighted by Gasteiger charge is 2.28. The van der Waals surface area contributed by atoms with E-state index in [0.717, 1.165) is 4.57 Å². The molecule has 1 N–H and O–H groups in total.